The molecule has 3 aliphatic rings. The topological polar surface area (TPSA) is 42.3 Å². The highest BCUT2D eigenvalue weighted by molar-refractivity contribution is 5.69. The molecule has 0 bridgehead atoms. The van der Waals surface area contributed by atoms with E-state index in [0.717, 1.165) is 68.7 Å². The lowest BCUT2D eigenvalue weighted by Gasteiger charge is -2.40. The molecule has 0 radical (unpaired) electrons. The Labute approximate surface area is 191 Å². The zero-order chi connectivity index (χ0) is 22.3. The van der Waals surface area contributed by atoms with E-state index in [1.807, 2.05) is 12.1 Å². The maximum Gasteiger partial charge on any atom is 0.0991 e. The van der Waals surface area contributed by atoms with Crippen molar-refractivity contribution in [3.63, 3.8) is 0 Å². The van der Waals surface area contributed by atoms with Crippen molar-refractivity contribution in [2.75, 3.05) is 36.9 Å². The van der Waals surface area contributed by atoms with Gasteiger partial charge in [0.1, 0.15) is 0 Å². The van der Waals surface area contributed by atoms with E-state index in [4.69, 9.17) is 0 Å². The van der Waals surface area contributed by atoms with E-state index in [1.54, 1.807) is 0 Å². The van der Waals surface area contributed by atoms with Crippen LogP contribution < -0.4 is 10.2 Å². The second-order valence-corrected chi connectivity index (χ2v) is 9.59. The molecule has 32 heavy (non-hydrogen) atoms. The van der Waals surface area contributed by atoms with Crippen molar-refractivity contribution in [3.8, 4) is 6.07 Å². The molecule has 5 rings (SSSR count). The minimum absolute atomic E-state index is 0.0206. The molecule has 1 saturated heterocycles. The van der Waals surface area contributed by atoms with Gasteiger partial charge in [0, 0.05) is 35.2 Å². The molecular weight excluding hydrogens is 392 g/mol. The summed E-state index contributed by atoms with van der Waals surface area (Å²) in [6.07, 6.45) is 6.60. The van der Waals surface area contributed by atoms with Crippen LogP contribution in [-0.2, 0) is 18.3 Å². The molecule has 1 fully saturated rings. The number of benzene rings is 2. The molecule has 1 N–H and O–H groups in total. The molecule has 3 aliphatic heterocycles. The van der Waals surface area contributed by atoms with Gasteiger partial charge in [-0.3, -0.25) is 0 Å². The lowest BCUT2D eigenvalue weighted by molar-refractivity contribution is 0.179. The molecule has 2 aromatic rings. The summed E-state index contributed by atoms with van der Waals surface area (Å²) in [5.74, 6) is 0. The van der Waals surface area contributed by atoms with Gasteiger partial charge in [-0.05, 0) is 99.1 Å². The van der Waals surface area contributed by atoms with E-state index in [-0.39, 0.29) is 5.41 Å². The number of likely N-dealkylation sites (tertiary alicyclic amines) is 1. The second-order valence-electron chi connectivity index (χ2n) is 9.59. The maximum absolute atomic E-state index is 9.34. The predicted octanol–water partition coefficient (Wildman–Crippen LogP) is 5.36. The molecule has 2 aromatic carbocycles. The Morgan fingerprint density at radius 2 is 1.91 bits per heavy atom. The fourth-order valence-corrected chi connectivity index (χ4v) is 5.74. The van der Waals surface area contributed by atoms with E-state index in [1.165, 1.54) is 34.5 Å². The zero-order valence-corrected chi connectivity index (χ0v) is 19.1. The second kappa shape index (κ2) is 8.15. The minimum Gasteiger partial charge on any atom is -0.358 e. The number of hydrogen-bond acceptors (Lipinski definition) is 4. The highest BCUT2D eigenvalue weighted by atomic mass is 15.1. The summed E-state index contributed by atoms with van der Waals surface area (Å²) in [6.45, 7) is 11.8. The standard InChI is InChI=1S/C28H32N4/c1-20-6-9-24-17-22(8-11-27(24)31(20)3)5-4-14-32-15-12-28(13-16-32)21(2)30-26-10-7-23(19-29)18-25(26)28/h7-8,10-11,17-18,30H,1-2,4-6,9,12-16H2,3H3. The van der Waals surface area contributed by atoms with E-state index < -0.39 is 0 Å². The quantitative estimate of drug-likeness (QED) is 0.717. The van der Waals surface area contributed by atoms with Gasteiger partial charge in [0.05, 0.1) is 11.6 Å². The normalized spacial score (nSPS) is 19.4. The molecule has 0 unspecified atom stereocenters. The van der Waals surface area contributed by atoms with Crippen LogP contribution in [0, 0.1) is 11.3 Å². The fourth-order valence-electron chi connectivity index (χ4n) is 5.74. The van der Waals surface area contributed by atoms with Gasteiger partial charge in [-0.25, -0.2) is 0 Å². The third-order valence-corrected chi connectivity index (χ3v) is 7.84. The molecule has 1 spiro atoms. The number of hydrogen-bond donors (Lipinski definition) is 1. The Morgan fingerprint density at radius 1 is 1.09 bits per heavy atom. The molecule has 0 amide bonds. The third kappa shape index (κ3) is 3.51. The number of aryl methyl sites for hydroxylation is 2. The van der Waals surface area contributed by atoms with Gasteiger partial charge >= 0.3 is 0 Å². The van der Waals surface area contributed by atoms with E-state index in [2.05, 4.69) is 65.7 Å². The Balaban J connectivity index is 1.18. The van der Waals surface area contributed by atoms with Crippen molar-refractivity contribution >= 4 is 11.4 Å². The fraction of sp³-hybridized carbons (Fsp3) is 0.393. The first-order valence-electron chi connectivity index (χ1n) is 11.8. The van der Waals surface area contributed by atoms with Crippen LogP contribution in [0.3, 0.4) is 0 Å². The average Bonchev–Trinajstić information content (AvgIpc) is 3.08. The predicted molar refractivity (Wildman–Crippen MR) is 132 cm³/mol. The summed E-state index contributed by atoms with van der Waals surface area (Å²) in [4.78, 5) is 4.83. The highest BCUT2D eigenvalue weighted by Gasteiger charge is 2.44. The number of nitriles is 1. The monoisotopic (exact) mass is 424 g/mol. The Morgan fingerprint density at radius 3 is 2.69 bits per heavy atom. The number of fused-ring (bicyclic) bond motifs is 3. The summed E-state index contributed by atoms with van der Waals surface area (Å²) in [5, 5.41) is 12.8. The van der Waals surface area contributed by atoms with Gasteiger partial charge in [-0.2, -0.15) is 5.26 Å². The largest absolute Gasteiger partial charge is 0.358 e. The number of piperidine rings is 1. The van der Waals surface area contributed by atoms with Crippen LogP contribution in [0.25, 0.3) is 0 Å². The summed E-state index contributed by atoms with van der Waals surface area (Å²) in [7, 11) is 2.12. The molecule has 0 atom stereocenters. The van der Waals surface area contributed by atoms with Gasteiger partial charge in [0.2, 0.25) is 0 Å². The molecule has 164 valence electrons. The smallest absolute Gasteiger partial charge is 0.0991 e. The zero-order valence-electron chi connectivity index (χ0n) is 19.1. The summed E-state index contributed by atoms with van der Waals surface area (Å²) < 4.78 is 0. The summed E-state index contributed by atoms with van der Waals surface area (Å²) in [6, 6.07) is 15.3. The number of rotatable bonds is 4. The lowest BCUT2D eigenvalue weighted by Crippen LogP contribution is -2.43. The van der Waals surface area contributed by atoms with Gasteiger partial charge in [-0.1, -0.05) is 25.3 Å². The molecule has 0 aliphatic carbocycles. The number of anilines is 2. The minimum atomic E-state index is -0.0206. The van der Waals surface area contributed by atoms with Crippen LogP contribution in [-0.4, -0.2) is 31.6 Å². The Hall–Kier alpha value is -3.03. The van der Waals surface area contributed by atoms with Crippen molar-refractivity contribution in [3.05, 3.63) is 83.2 Å². The van der Waals surface area contributed by atoms with Crippen LogP contribution >= 0.6 is 0 Å². The maximum atomic E-state index is 9.34. The summed E-state index contributed by atoms with van der Waals surface area (Å²) in [5.41, 5.74) is 9.65. The van der Waals surface area contributed by atoms with Gasteiger partial charge < -0.3 is 15.1 Å². The van der Waals surface area contributed by atoms with E-state index in [9.17, 15) is 5.26 Å². The number of nitrogens with one attached hydrogen (secondary N) is 1. The van der Waals surface area contributed by atoms with Gasteiger partial charge in [-0.15, -0.1) is 0 Å². The van der Waals surface area contributed by atoms with Crippen LogP contribution in [0.1, 0.15) is 47.9 Å². The van der Waals surface area contributed by atoms with Crippen LogP contribution in [0.15, 0.2) is 61.0 Å². The Kier molecular flexibility index (Phi) is 5.31. The van der Waals surface area contributed by atoms with Gasteiger partial charge in [0.15, 0.2) is 0 Å². The first-order chi connectivity index (χ1) is 15.5. The molecule has 3 heterocycles. The Bertz CT molecular complexity index is 1110. The first kappa shape index (κ1) is 20.8. The highest BCUT2D eigenvalue weighted by Crippen LogP contribution is 2.49. The number of allylic oxidation sites excluding steroid dienone is 2. The van der Waals surface area contributed by atoms with Crippen molar-refractivity contribution in [1.82, 2.24) is 4.90 Å². The van der Waals surface area contributed by atoms with Crippen molar-refractivity contribution in [2.24, 2.45) is 0 Å². The van der Waals surface area contributed by atoms with E-state index in [0.29, 0.717) is 0 Å². The third-order valence-electron chi connectivity index (χ3n) is 7.84. The van der Waals surface area contributed by atoms with Crippen LogP contribution in [0.5, 0.6) is 0 Å². The SMILES string of the molecule is C=C1CCc2cc(CCCN3CCC4(CC3)C(=C)Nc3ccc(C#N)cc34)ccc2N1C. The molecule has 0 saturated carbocycles. The van der Waals surface area contributed by atoms with Crippen molar-refractivity contribution in [2.45, 2.75) is 43.9 Å². The first-order valence-corrected chi connectivity index (χ1v) is 11.8. The van der Waals surface area contributed by atoms with Crippen LogP contribution in [0.4, 0.5) is 11.4 Å². The van der Waals surface area contributed by atoms with E-state index >= 15 is 0 Å². The lowest BCUT2D eigenvalue weighted by atomic mass is 9.72. The van der Waals surface area contributed by atoms with Crippen molar-refractivity contribution in [1.29, 1.82) is 5.26 Å². The molecule has 4 heteroatoms. The average molecular weight is 425 g/mol. The molecular formula is C28H32N4. The summed E-state index contributed by atoms with van der Waals surface area (Å²) >= 11 is 0. The molecule has 0 aromatic heterocycles. The molecule has 4 nitrogen and oxygen atoms in total. The number of nitrogens with zero attached hydrogens (tertiary/aromatic N) is 3. The van der Waals surface area contributed by atoms with Crippen molar-refractivity contribution < 1.29 is 0 Å². The van der Waals surface area contributed by atoms with Crippen LogP contribution in [0.2, 0.25) is 0 Å². The van der Waals surface area contributed by atoms with Gasteiger partial charge in [0.25, 0.3) is 0 Å².